The fourth-order valence-electron chi connectivity index (χ4n) is 1.63. The van der Waals surface area contributed by atoms with Crippen molar-refractivity contribution < 1.29 is 14.7 Å². The molecule has 0 radical (unpaired) electrons. The summed E-state index contributed by atoms with van der Waals surface area (Å²) in [5, 5.41) is 14.0. The Morgan fingerprint density at radius 1 is 1.15 bits per heavy atom. The molecule has 112 valence electrons. The number of carbonyl (C=O) groups excluding carboxylic acids is 1. The quantitative estimate of drug-likeness (QED) is 0.613. The van der Waals surface area contributed by atoms with Gasteiger partial charge in [-0.2, -0.15) is 0 Å². The van der Waals surface area contributed by atoms with Crippen molar-refractivity contribution in [2.45, 2.75) is 32.1 Å². The molecule has 1 aromatic heterocycles. The van der Waals surface area contributed by atoms with Gasteiger partial charge in [0.25, 0.3) is 0 Å². The molecule has 0 aliphatic rings. The van der Waals surface area contributed by atoms with Crippen LogP contribution < -0.4 is 10.6 Å². The van der Waals surface area contributed by atoms with Gasteiger partial charge in [0, 0.05) is 24.4 Å². The van der Waals surface area contributed by atoms with Crippen LogP contribution in [0.15, 0.2) is 12.1 Å². The van der Waals surface area contributed by atoms with Crippen molar-refractivity contribution in [3.63, 3.8) is 0 Å². The van der Waals surface area contributed by atoms with Gasteiger partial charge in [0.2, 0.25) is 0 Å². The Balaban J connectivity index is 1.96. The number of carboxylic acid groups (broad SMARTS) is 1. The first-order chi connectivity index (χ1) is 9.58. The predicted molar refractivity (Wildman–Crippen MR) is 80.5 cm³/mol. The van der Waals surface area contributed by atoms with E-state index in [1.165, 1.54) is 11.3 Å². The van der Waals surface area contributed by atoms with Crippen LogP contribution >= 0.6 is 22.9 Å². The van der Waals surface area contributed by atoms with E-state index in [2.05, 4.69) is 10.6 Å². The molecule has 5 nitrogen and oxygen atoms in total. The lowest BCUT2D eigenvalue weighted by atomic mass is 10.2. The molecule has 2 amide bonds. The molecule has 0 unspecified atom stereocenters. The molecule has 0 fully saturated rings. The number of rotatable bonds is 9. The van der Waals surface area contributed by atoms with Crippen molar-refractivity contribution in [2.75, 3.05) is 13.1 Å². The van der Waals surface area contributed by atoms with Crippen molar-refractivity contribution in [3.05, 3.63) is 21.3 Å². The summed E-state index contributed by atoms with van der Waals surface area (Å²) < 4.78 is 0.755. The Kier molecular flexibility index (Phi) is 8.06. The monoisotopic (exact) mass is 318 g/mol. The van der Waals surface area contributed by atoms with Crippen LogP contribution in [0.3, 0.4) is 0 Å². The second-order valence-electron chi connectivity index (χ2n) is 4.34. The third-order valence-corrected chi connectivity index (χ3v) is 3.93. The van der Waals surface area contributed by atoms with Gasteiger partial charge in [0.05, 0.1) is 4.34 Å². The number of carboxylic acids is 1. The van der Waals surface area contributed by atoms with Gasteiger partial charge in [-0.25, -0.2) is 4.79 Å². The number of hydrogen-bond donors (Lipinski definition) is 3. The average Bonchev–Trinajstić information content (AvgIpc) is 2.79. The minimum absolute atomic E-state index is 0.189. The van der Waals surface area contributed by atoms with Crippen LogP contribution in [0.25, 0.3) is 0 Å². The van der Waals surface area contributed by atoms with Gasteiger partial charge < -0.3 is 15.7 Å². The number of nitrogens with one attached hydrogen (secondary N) is 2. The van der Waals surface area contributed by atoms with Crippen molar-refractivity contribution in [3.8, 4) is 0 Å². The molecule has 0 bridgehead atoms. The van der Waals surface area contributed by atoms with E-state index >= 15 is 0 Å². The largest absolute Gasteiger partial charge is 0.481 e. The molecule has 1 rings (SSSR count). The van der Waals surface area contributed by atoms with E-state index in [1.807, 2.05) is 12.1 Å². The van der Waals surface area contributed by atoms with Gasteiger partial charge in [0.15, 0.2) is 0 Å². The summed E-state index contributed by atoms with van der Waals surface area (Å²) >= 11 is 7.33. The van der Waals surface area contributed by atoms with E-state index in [1.54, 1.807) is 0 Å². The fraction of sp³-hybridized carbons (Fsp3) is 0.538. The van der Waals surface area contributed by atoms with E-state index in [9.17, 15) is 9.59 Å². The molecule has 0 atom stereocenters. The molecular formula is C13H19ClN2O3S. The third kappa shape index (κ3) is 8.01. The maximum atomic E-state index is 11.4. The number of urea groups is 1. The SMILES string of the molecule is O=C(O)CCCCCNC(=O)NCCc1ccc(Cl)s1. The van der Waals surface area contributed by atoms with Crippen LogP contribution in [0.1, 0.15) is 30.6 Å². The third-order valence-electron chi connectivity index (χ3n) is 2.64. The lowest BCUT2D eigenvalue weighted by Crippen LogP contribution is -2.37. The van der Waals surface area contributed by atoms with E-state index in [0.717, 1.165) is 28.5 Å². The molecule has 3 N–H and O–H groups in total. The zero-order valence-electron chi connectivity index (χ0n) is 11.2. The van der Waals surface area contributed by atoms with Crippen LogP contribution in [0.5, 0.6) is 0 Å². The van der Waals surface area contributed by atoms with Gasteiger partial charge in [-0.05, 0) is 31.4 Å². The Labute approximate surface area is 127 Å². The summed E-state index contributed by atoms with van der Waals surface area (Å²) in [7, 11) is 0. The fourth-order valence-corrected chi connectivity index (χ4v) is 2.71. The Hall–Kier alpha value is -1.27. The lowest BCUT2D eigenvalue weighted by Gasteiger charge is -2.06. The first-order valence-electron chi connectivity index (χ1n) is 6.55. The van der Waals surface area contributed by atoms with Crippen LogP contribution in [0.4, 0.5) is 4.79 Å². The summed E-state index contributed by atoms with van der Waals surface area (Å²) in [6, 6.07) is 3.61. The summed E-state index contributed by atoms with van der Waals surface area (Å²) in [6.07, 6.45) is 3.21. The van der Waals surface area contributed by atoms with Crippen molar-refractivity contribution >= 4 is 34.9 Å². The highest BCUT2D eigenvalue weighted by Crippen LogP contribution is 2.21. The number of unbranched alkanes of at least 4 members (excludes halogenated alkanes) is 2. The highest BCUT2D eigenvalue weighted by molar-refractivity contribution is 7.16. The van der Waals surface area contributed by atoms with Gasteiger partial charge in [-0.15, -0.1) is 11.3 Å². The molecule has 0 aliphatic carbocycles. The van der Waals surface area contributed by atoms with Crippen LogP contribution in [-0.2, 0) is 11.2 Å². The molecule has 0 saturated carbocycles. The highest BCUT2D eigenvalue weighted by Gasteiger charge is 2.02. The molecule has 1 aromatic rings. The maximum absolute atomic E-state index is 11.4. The van der Waals surface area contributed by atoms with Crippen molar-refractivity contribution in [1.29, 1.82) is 0 Å². The number of aliphatic carboxylic acids is 1. The summed E-state index contributed by atoms with van der Waals surface area (Å²) in [5.74, 6) is -0.774. The van der Waals surface area contributed by atoms with E-state index < -0.39 is 5.97 Å². The standard InChI is InChI=1S/C13H19ClN2O3S/c14-11-6-5-10(20-11)7-9-16-13(19)15-8-3-1-2-4-12(17)18/h5-6H,1-4,7-9H2,(H,17,18)(H2,15,16,19). The van der Waals surface area contributed by atoms with E-state index in [4.69, 9.17) is 16.7 Å². The van der Waals surface area contributed by atoms with Gasteiger partial charge >= 0.3 is 12.0 Å². The smallest absolute Gasteiger partial charge is 0.314 e. The molecule has 0 aromatic carbocycles. The molecule has 0 aliphatic heterocycles. The van der Waals surface area contributed by atoms with Gasteiger partial charge in [-0.1, -0.05) is 18.0 Å². The van der Waals surface area contributed by atoms with Crippen LogP contribution in [0, 0.1) is 0 Å². The molecule has 0 spiro atoms. The van der Waals surface area contributed by atoms with Crippen molar-refractivity contribution in [1.82, 2.24) is 10.6 Å². The summed E-state index contributed by atoms with van der Waals surface area (Å²) in [5.41, 5.74) is 0. The minimum atomic E-state index is -0.774. The molecule has 1 heterocycles. The Morgan fingerprint density at radius 3 is 2.55 bits per heavy atom. The molecule has 20 heavy (non-hydrogen) atoms. The maximum Gasteiger partial charge on any atom is 0.314 e. The number of halogens is 1. The zero-order valence-corrected chi connectivity index (χ0v) is 12.7. The topological polar surface area (TPSA) is 78.4 Å². The second kappa shape index (κ2) is 9.61. The first-order valence-corrected chi connectivity index (χ1v) is 7.75. The van der Waals surface area contributed by atoms with Crippen LogP contribution in [0.2, 0.25) is 4.34 Å². The number of amides is 2. The van der Waals surface area contributed by atoms with Gasteiger partial charge in [-0.3, -0.25) is 4.79 Å². The molecule has 0 saturated heterocycles. The first kappa shape index (κ1) is 16.8. The normalized spacial score (nSPS) is 10.2. The van der Waals surface area contributed by atoms with E-state index in [0.29, 0.717) is 19.5 Å². The highest BCUT2D eigenvalue weighted by atomic mass is 35.5. The average molecular weight is 319 g/mol. The molecular weight excluding hydrogens is 300 g/mol. The Bertz CT molecular complexity index is 437. The predicted octanol–water partition coefficient (Wildman–Crippen LogP) is 2.89. The summed E-state index contributed by atoms with van der Waals surface area (Å²) in [6.45, 7) is 1.14. The second-order valence-corrected chi connectivity index (χ2v) is 6.14. The summed E-state index contributed by atoms with van der Waals surface area (Å²) in [4.78, 5) is 22.9. The molecule has 7 heteroatoms. The zero-order chi connectivity index (χ0) is 14.8. The lowest BCUT2D eigenvalue weighted by molar-refractivity contribution is -0.137. The number of hydrogen-bond acceptors (Lipinski definition) is 3. The Morgan fingerprint density at radius 2 is 1.90 bits per heavy atom. The number of carbonyl (C=O) groups is 2. The van der Waals surface area contributed by atoms with E-state index in [-0.39, 0.29) is 12.5 Å². The van der Waals surface area contributed by atoms with Gasteiger partial charge in [0.1, 0.15) is 0 Å². The van der Waals surface area contributed by atoms with Crippen LogP contribution in [-0.4, -0.2) is 30.2 Å². The minimum Gasteiger partial charge on any atom is -0.481 e. The number of thiophene rings is 1. The van der Waals surface area contributed by atoms with Crippen molar-refractivity contribution in [2.24, 2.45) is 0 Å².